The van der Waals surface area contributed by atoms with Crippen molar-refractivity contribution in [1.82, 2.24) is 15.8 Å². The van der Waals surface area contributed by atoms with Gasteiger partial charge >= 0.3 is 0 Å². The van der Waals surface area contributed by atoms with Crippen LogP contribution in [0, 0.1) is 13.8 Å². The predicted octanol–water partition coefficient (Wildman–Crippen LogP) is 4.94. The smallest absolute Gasteiger partial charge is 0.273 e. The van der Waals surface area contributed by atoms with Gasteiger partial charge in [-0.05, 0) is 53.6 Å². The second-order valence-corrected chi connectivity index (χ2v) is 9.09. The molecule has 4 N–H and O–H groups in total. The van der Waals surface area contributed by atoms with Crippen molar-refractivity contribution >= 4 is 45.8 Å². The zero-order valence-corrected chi connectivity index (χ0v) is 21.7. The Balaban J connectivity index is 1.34. The second-order valence-electron chi connectivity index (χ2n) is 9.09. The van der Waals surface area contributed by atoms with Gasteiger partial charge in [0.25, 0.3) is 11.8 Å². The third kappa shape index (κ3) is 5.21. The molecule has 0 aliphatic heterocycles. The number of benzene rings is 4. The van der Waals surface area contributed by atoms with E-state index in [1.54, 1.807) is 38.1 Å². The zero-order chi connectivity index (χ0) is 28.2. The number of hydrogen-bond donors (Lipinski definition) is 4. The molecular formula is C31H25N5O4. The lowest BCUT2D eigenvalue weighted by atomic mass is 10.0. The zero-order valence-electron chi connectivity index (χ0n) is 21.7. The van der Waals surface area contributed by atoms with Crippen LogP contribution in [-0.2, 0) is 0 Å². The number of carbonyl (C=O) groups is 2. The molecule has 9 heteroatoms. The molecule has 198 valence electrons. The first-order chi connectivity index (χ1) is 19.3. The summed E-state index contributed by atoms with van der Waals surface area (Å²) >= 11 is 0. The first-order valence-corrected chi connectivity index (χ1v) is 12.4. The van der Waals surface area contributed by atoms with Crippen molar-refractivity contribution in [3.63, 3.8) is 0 Å². The molecule has 5 aromatic rings. The molecule has 0 radical (unpaired) electrons. The Hall–Kier alpha value is -5.57. The molecule has 0 atom stereocenters. The molecule has 0 aliphatic carbocycles. The highest BCUT2D eigenvalue weighted by Crippen LogP contribution is 2.26. The summed E-state index contributed by atoms with van der Waals surface area (Å²) in [5.74, 6) is -1.08. The van der Waals surface area contributed by atoms with Gasteiger partial charge in [-0.3, -0.25) is 14.6 Å². The lowest BCUT2D eigenvalue weighted by Crippen LogP contribution is -2.23. The van der Waals surface area contributed by atoms with Gasteiger partial charge in [0.05, 0.1) is 34.9 Å². The topological polar surface area (TPSA) is 136 Å². The number of fused-ring (bicyclic) bond motifs is 2. The molecule has 0 saturated heterocycles. The van der Waals surface area contributed by atoms with Crippen LogP contribution >= 0.6 is 0 Å². The fourth-order valence-corrected chi connectivity index (χ4v) is 4.46. The Kier molecular flexibility index (Phi) is 7.19. The minimum Gasteiger partial charge on any atom is -0.507 e. The van der Waals surface area contributed by atoms with Crippen LogP contribution in [0.25, 0.3) is 21.5 Å². The molecule has 9 nitrogen and oxygen atoms in total. The monoisotopic (exact) mass is 531 g/mol. The van der Waals surface area contributed by atoms with E-state index in [4.69, 9.17) is 0 Å². The summed E-state index contributed by atoms with van der Waals surface area (Å²) in [6.45, 7) is 3.32. The molecule has 40 heavy (non-hydrogen) atoms. The van der Waals surface area contributed by atoms with Gasteiger partial charge in [0, 0.05) is 11.1 Å². The van der Waals surface area contributed by atoms with E-state index < -0.39 is 11.8 Å². The Morgan fingerprint density at radius 2 is 1.10 bits per heavy atom. The van der Waals surface area contributed by atoms with Gasteiger partial charge < -0.3 is 10.2 Å². The number of aromatic nitrogens is 1. The maximum atomic E-state index is 12.9. The van der Waals surface area contributed by atoms with E-state index in [9.17, 15) is 19.8 Å². The standard InChI is InChI=1S/C31H25N5O4/c1-18-24(30(39)35-32-16-26-22-9-5-3-7-20(22)11-13-28(26)37)15-25(19(2)34-18)31(40)36-33-17-27-23-10-6-4-8-21(23)12-14-29(27)38/h3-17,37-38H,1-2H3,(H,35,39)(H,36,40)/b32-16-,33-17-. The van der Waals surface area contributed by atoms with Crippen molar-refractivity contribution in [3.05, 3.63) is 113 Å². The number of carbonyl (C=O) groups excluding carboxylic acids is 2. The number of rotatable bonds is 6. The highest BCUT2D eigenvalue weighted by molar-refractivity contribution is 6.05. The van der Waals surface area contributed by atoms with Gasteiger partial charge in [-0.1, -0.05) is 60.7 Å². The molecule has 0 fully saturated rings. The average Bonchev–Trinajstić information content (AvgIpc) is 2.95. The van der Waals surface area contributed by atoms with Gasteiger partial charge in [-0.15, -0.1) is 0 Å². The van der Waals surface area contributed by atoms with Crippen LogP contribution in [0.2, 0.25) is 0 Å². The van der Waals surface area contributed by atoms with Gasteiger partial charge in [0.15, 0.2) is 0 Å². The van der Waals surface area contributed by atoms with Crippen LogP contribution in [-0.4, -0.2) is 39.4 Å². The first-order valence-electron chi connectivity index (χ1n) is 12.4. The Bertz CT molecular complexity index is 1720. The van der Waals surface area contributed by atoms with Crippen molar-refractivity contribution in [2.24, 2.45) is 10.2 Å². The fourth-order valence-electron chi connectivity index (χ4n) is 4.46. The maximum absolute atomic E-state index is 12.9. The number of phenolic OH excluding ortho intramolecular Hbond substituents is 2. The summed E-state index contributed by atoms with van der Waals surface area (Å²) in [5.41, 5.74) is 6.97. The number of hydrazone groups is 2. The summed E-state index contributed by atoms with van der Waals surface area (Å²) in [6, 6.07) is 23.1. The molecule has 0 aliphatic rings. The van der Waals surface area contributed by atoms with Crippen LogP contribution in [0.4, 0.5) is 0 Å². The van der Waals surface area contributed by atoms with Gasteiger partial charge in [-0.25, -0.2) is 10.9 Å². The van der Waals surface area contributed by atoms with E-state index in [0.717, 1.165) is 21.5 Å². The number of amides is 2. The lowest BCUT2D eigenvalue weighted by molar-refractivity contribution is 0.0954. The number of nitrogens with one attached hydrogen (secondary N) is 2. The van der Waals surface area contributed by atoms with E-state index in [-0.39, 0.29) is 22.6 Å². The second kappa shape index (κ2) is 11.0. The van der Waals surface area contributed by atoms with Crippen LogP contribution in [0.3, 0.4) is 0 Å². The molecular weight excluding hydrogens is 506 g/mol. The highest BCUT2D eigenvalue weighted by atomic mass is 16.3. The number of phenols is 2. The summed E-state index contributed by atoms with van der Waals surface area (Å²) in [5, 5.41) is 32.0. The number of hydrogen-bond acceptors (Lipinski definition) is 7. The molecule has 1 heterocycles. The highest BCUT2D eigenvalue weighted by Gasteiger charge is 2.17. The summed E-state index contributed by atoms with van der Waals surface area (Å²) in [6.07, 6.45) is 2.75. The molecule has 0 unspecified atom stereocenters. The molecule has 5 rings (SSSR count). The predicted molar refractivity (Wildman–Crippen MR) is 155 cm³/mol. The van der Waals surface area contributed by atoms with Gasteiger partial charge in [-0.2, -0.15) is 10.2 Å². The first kappa shape index (κ1) is 26.1. The van der Waals surface area contributed by atoms with Gasteiger partial charge in [0.1, 0.15) is 11.5 Å². The number of aryl methyl sites for hydroxylation is 2. The fraction of sp³-hybridized carbons (Fsp3) is 0.0645. The molecule has 0 saturated carbocycles. The number of aromatic hydroxyl groups is 2. The van der Waals surface area contributed by atoms with Crippen LogP contribution in [0.1, 0.15) is 43.2 Å². The van der Waals surface area contributed by atoms with Crippen molar-refractivity contribution < 1.29 is 19.8 Å². The molecule has 1 aromatic heterocycles. The minimum atomic E-state index is -0.570. The minimum absolute atomic E-state index is 0.0289. The van der Waals surface area contributed by atoms with Crippen molar-refractivity contribution in [2.75, 3.05) is 0 Å². The SMILES string of the molecule is Cc1nc(C)c(C(=O)N/N=C\c2c(O)ccc3ccccc23)cc1C(=O)N/N=C\c1c(O)ccc2ccccc12. The Morgan fingerprint density at radius 1 is 0.675 bits per heavy atom. The normalized spacial score (nSPS) is 11.4. The Labute approximate surface area is 229 Å². The third-order valence-electron chi connectivity index (χ3n) is 6.51. The molecule has 2 amide bonds. The summed E-state index contributed by atoms with van der Waals surface area (Å²) in [7, 11) is 0. The number of pyridine rings is 1. The van der Waals surface area contributed by atoms with Crippen LogP contribution < -0.4 is 10.9 Å². The van der Waals surface area contributed by atoms with Crippen molar-refractivity contribution in [2.45, 2.75) is 13.8 Å². The third-order valence-corrected chi connectivity index (χ3v) is 6.51. The number of nitrogens with zero attached hydrogens (tertiary/aromatic N) is 3. The molecule has 0 bridgehead atoms. The van der Waals surface area contributed by atoms with Gasteiger partial charge in [0.2, 0.25) is 0 Å². The van der Waals surface area contributed by atoms with Crippen molar-refractivity contribution in [1.29, 1.82) is 0 Å². The maximum Gasteiger partial charge on any atom is 0.273 e. The van der Waals surface area contributed by atoms with E-state index in [1.165, 1.54) is 18.5 Å². The van der Waals surface area contributed by atoms with Crippen LogP contribution in [0.15, 0.2) is 89.1 Å². The Morgan fingerprint density at radius 3 is 1.55 bits per heavy atom. The largest absolute Gasteiger partial charge is 0.507 e. The van der Waals surface area contributed by atoms with E-state index >= 15 is 0 Å². The van der Waals surface area contributed by atoms with E-state index in [0.29, 0.717) is 22.5 Å². The summed E-state index contributed by atoms with van der Waals surface area (Å²) < 4.78 is 0. The average molecular weight is 532 g/mol. The van der Waals surface area contributed by atoms with Crippen LogP contribution in [0.5, 0.6) is 11.5 Å². The lowest BCUT2D eigenvalue weighted by Gasteiger charge is -2.10. The summed E-state index contributed by atoms with van der Waals surface area (Å²) in [4.78, 5) is 30.2. The van der Waals surface area contributed by atoms with E-state index in [1.807, 2.05) is 48.5 Å². The molecule has 0 spiro atoms. The quantitative estimate of drug-likeness (QED) is 0.182. The van der Waals surface area contributed by atoms with E-state index in [2.05, 4.69) is 26.0 Å². The molecule has 4 aromatic carbocycles. The van der Waals surface area contributed by atoms with Crippen molar-refractivity contribution in [3.8, 4) is 11.5 Å².